The lowest BCUT2D eigenvalue weighted by molar-refractivity contribution is 0.520. The van der Waals surface area contributed by atoms with Gasteiger partial charge in [0.15, 0.2) is 9.84 Å². The average Bonchev–Trinajstić information content (AvgIpc) is 2.76. The minimum absolute atomic E-state index is 0.287. The van der Waals surface area contributed by atoms with Crippen molar-refractivity contribution in [3.63, 3.8) is 0 Å². The minimum Gasteiger partial charge on any atom is -0.310 e. The largest absolute Gasteiger partial charge is 0.310 e. The molecule has 1 N–H and O–H groups in total. The highest BCUT2D eigenvalue weighted by Gasteiger charge is 2.27. The third-order valence-electron chi connectivity index (χ3n) is 2.52. The highest BCUT2D eigenvalue weighted by atomic mass is 32.2. The quantitative estimate of drug-likeness (QED) is 0.848. The van der Waals surface area contributed by atoms with Crippen molar-refractivity contribution >= 4 is 21.2 Å². The molecular formula is C9H14N2O2S2. The van der Waals surface area contributed by atoms with Crippen molar-refractivity contribution in [2.75, 3.05) is 18.1 Å². The zero-order chi connectivity index (χ0) is 10.7. The van der Waals surface area contributed by atoms with Crippen LogP contribution in [-0.4, -0.2) is 31.5 Å². The molecule has 1 unspecified atom stereocenters. The van der Waals surface area contributed by atoms with Crippen LogP contribution in [0.25, 0.3) is 0 Å². The number of sulfone groups is 1. The molecule has 6 heteroatoms. The number of thiazole rings is 1. The zero-order valence-corrected chi connectivity index (χ0v) is 9.98. The van der Waals surface area contributed by atoms with Gasteiger partial charge in [0.25, 0.3) is 0 Å². The Hall–Kier alpha value is -0.460. The zero-order valence-electron chi connectivity index (χ0n) is 8.35. The first-order valence-electron chi connectivity index (χ1n) is 4.95. The molecule has 0 aromatic carbocycles. The Bertz CT molecular complexity index is 400. The second-order valence-electron chi connectivity index (χ2n) is 3.83. The van der Waals surface area contributed by atoms with Crippen LogP contribution in [-0.2, 0) is 16.4 Å². The monoisotopic (exact) mass is 246 g/mol. The maximum atomic E-state index is 11.2. The summed E-state index contributed by atoms with van der Waals surface area (Å²) in [5.41, 5.74) is 0. The Balaban J connectivity index is 1.71. The van der Waals surface area contributed by atoms with Crippen molar-refractivity contribution < 1.29 is 8.42 Å². The van der Waals surface area contributed by atoms with Crippen LogP contribution in [0.3, 0.4) is 0 Å². The van der Waals surface area contributed by atoms with Crippen LogP contribution in [0, 0.1) is 5.92 Å². The van der Waals surface area contributed by atoms with Gasteiger partial charge in [-0.25, -0.2) is 13.4 Å². The van der Waals surface area contributed by atoms with Crippen molar-refractivity contribution in [2.24, 2.45) is 5.92 Å². The van der Waals surface area contributed by atoms with E-state index in [1.807, 2.05) is 5.38 Å². The summed E-state index contributed by atoms with van der Waals surface area (Å²) < 4.78 is 22.4. The van der Waals surface area contributed by atoms with Crippen LogP contribution in [0.1, 0.15) is 11.4 Å². The number of aromatic nitrogens is 1. The predicted molar refractivity (Wildman–Crippen MR) is 60.6 cm³/mol. The maximum Gasteiger partial charge on any atom is 0.150 e. The van der Waals surface area contributed by atoms with Crippen molar-refractivity contribution in [2.45, 2.75) is 13.0 Å². The Morgan fingerprint density at radius 3 is 3.07 bits per heavy atom. The highest BCUT2D eigenvalue weighted by molar-refractivity contribution is 7.91. The molecule has 1 atom stereocenters. The number of nitrogens with one attached hydrogen (secondary N) is 1. The molecule has 2 heterocycles. The van der Waals surface area contributed by atoms with E-state index in [1.165, 1.54) is 0 Å². The molecule has 1 aromatic heterocycles. The molecule has 0 radical (unpaired) electrons. The number of rotatable bonds is 4. The first kappa shape index (κ1) is 11.0. The van der Waals surface area contributed by atoms with Gasteiger partial charge in [-0.1, -0.05) is 0 Å². The Labute approximate surface area is 93.7 Å². The normalized spacial score (nSPS) is 24.4. The Kier molecular flexibility index (Phi) is 3.38. The van der Waals surface area contributed by atoms with Crippen molar-refractivity contribution in [1.29, 1.82) is 0 Å². The smallest absolute Gasteiger partial charge is 0.150 e. The summed E-state index contributed by atoms with van der Waals surface area (Å²) in [6.07, 6.45) is 2.58. The predicted octanol–water partition coefficient (Wildman–Crippen LogP) is 0.667. The molecule has 15 heavy (non-hydrogen) atoms. The molecule has 0 saturated carbocycles. The summed E-state index contributed by atoms with van der Waals surface area (Å²) in [6.45, 7) is 1.52. The van der Waals surface area contributed by atoms with E-state index in [0.717, 1.165) is 24.5 Å². The van der Waals surface area contributed by atoms with Gasteiger partial charge >= 0.3 is 0 Å². The fourth-order valence-corrected chi connectivity index (χ4v) is 4.20. The van der Waals surface area contributed by atoms with Crippen molar-refractivity contribution in [3.8, 4) is 0 Å². The fraction of sp³-hybridized carbons (Fsp3) is 0.667. The van der Waals surface area contributed by atoms with Crippen LogP contribution in [0.4, 0.5) is 0 Å². The number of hydrogen-bond donors (Lipinski definition) is 1. The van der Waals surface area contributed by atoms with Crippen LogP contribution in [0.2, 0.25) is 0 Å². The third kappa shape index (κ3) is 3.25. The van der Waals surface area contributed by atoms with E-state index < -0.39 is 9.84 Å². The molecule has 4 nitrogen and oxygen atoms in total. The van der Waals surface area contributed by atoms with E-state index in [9.17, 15) is 8.42 Å². The van der Waals surface area contributed by atoms with Crippen molar-refractivity contribution in [1.82, 2.24) is 10.3 Å². The van der Waals surface area contributed by atoms with E-state index in [2.05, 4.69) is 10.3 Å². The van der Waals surface area contributed by atoms with E-state index in [4.69, 9.17) is 0 Å². The van der Waals surface area contributed by atoms with E-state index in [1.54, 1.807) is 17.5 Å². The van der Waals surface area contributed by atoms with Crippen LogP contribution < -0.4 is 5.32 Å². The molecule has 84 valence electrons. The molecule has 1 aliphatic rings. The van der Waals surface area contributed by atoms with E-state index in [0.29, 0.717) is 11.5 Å². The molecule has 1 aliphatic heterocycles. The van der Waals surface area contributed by atoms with Crippen LogP contribution in [0.15, 0.2) is 11.6 Å². The third-order valence-corrected chi connectivity index (χ3v) is 5.14. The molecular weight excluding hydrogens is 232 g/mol. The molecule has 0 amide bonds. The second-order valence-corrected chi connectivity index (χ2v) is 7.03. The van der Waals surface area contributed by atoms with Gasteiger partial charge in [0.05, 0.1) is 11.5 Å². The van der Waals surface area contributed by atoms with Crippen LogP contribution >= 0.6 is 11.3 Å². The SMILES string of the molecule is O=S1(=O)CCC(CNCc2nccs2)C1. The number of hydrogen-bond acceptors (Lipinski definition) is 5. The minimum atomic E-state index is -2.73. The molecule has 0 spiro atoms. The lowest BCUT2D eigenvalue weighted by Gasteiger charge is -2.07. The van der Waals surface area contributed by atoms with Gasteiger partial charge < -0.3 is 5.32 Å². The van der Waals surface area contributed by atoms with Crippen LogP contribution in [0.5, 0.6) is 0 Å². The van der Waals surface area contributed by atoms with Gasteiger partial charge in [-0.2, -0.15) is 0 Å². The number of nitrogens with zero attached hydrogens (tertiary/aromatic N) is 1. The van der Waals surface area contributed by atoms with E-state index >= 15 is 0 Å². The average molecular weight is 246 g/mol. The first-order valence-corrected chi connectivity index (χ1v) is 7.65. The molecule has 1 saturated heterocycles. The van der Waals surface area contributed by atoms with Gasteiger partial charge in [0.1, 0.15) is 5.01 Å². The van der Waals surface area contributed by atoms with Gasteiger partial charge in [-0.3, -0.25) is 0 Å². The van der Waals surface area contributed by atoms with Gasteiger partial charge in [-0.15, -0.1) is 11.3 Å². The fourth-order valence-electron chi connectivity index (χ4n) is 1.76. The highest BCUT2D eigenvalue weighted by Crippen LogP contribution is 2.17. The van der Waals surface area contributed by atoms with Crippen molar-refractivity contribution in [3.05, 3.63) is 16.6 Å². The molecule has 0 bridgehead atoms. The topological polar surface area (TPSA) is 59.1 Å². The first-order chi connectivity index (χ1) is 7.16. The Morgan fingerprint density at radius 1 is 1.60 bits per heavy atom. The second kappa shape index (κ2) is 4.59. The standard InChI is InChI=1S/C9H14N2O2S2/c12-15(13)4-1-8(7-15)5-10-6-9-11-2-3-14-9/h2-3,8,10H,1,4-7H2. The molecule has 1 fully saturated rings. The Morgan fingerprint density at radius 2 is 2.47 bits per heavy atom. The van der Waals surface area contributed by atoms with Gasteiger partial charge in [0.2, 0.25) is 0 Å². The summed E-state index contributed by atoms with van der Waals surface area (Å²) in [7, 11) is -2.73. The lowest BCUT2D eigenvalue weighted by Crippen LogP contribution is -2.23. The molecule has 1 aromatic rings. The van der Waals surface area contributed by atoms with Gasteiger partial charge in [-0.05, 0) is 18.9 Å². The summed E-state index contributed by atoms with van der Waals surface area (Å²) in [5, 5.41) is 6.24. The summed E-state index contributed by atoms with van der Waals surface area (Å²) in [6, 6.07) is 0. The molecule has 0 aliphatic carbocycles. The summed E-state index contributed by atoms with van der Waals surface area (Å²) >= 11 is 1.61. The summed E-state index contributed by atoms with van der Waals surface area (Å²) in [5.74, 6) is 0.990. The van der Waals surface area contributed by atoms with Gasteiger partial charge in [0, 0.05) is 18.1 Å². The lowest BCUT2D eigenvalue weighted by atomic mass is 10.1. The maximum absolute atomic E-state index is 11.2. The van der Waals surface area contributed by atoms with E-state index in [-0.39, 0.29) is 5.92 Å². The summed E-state index contributed by atoms with van der Waals surface area (Å²) in [4.78, 5) is 4.15. The molecule has 2 rings (SSSR count).